The molecule has 17 heavy (non-hydrogen) atoms. The number of halogens is 3. The number of hydrogen-bond donors (Lipinski definition) is 0. The van der Waals surface area contributed by atoms with Crippen LogP contribution in [0.15, 0.2) is 42.5 Å². The van der Waals surface area contributed by atoms with Crippen molar-refractivity contribution in [3.05, 3.63) is 63.9 Å². The molecule has 0 spiro atoms. The lowest BCUT2D eigenvalue weighted by atomic mass is 10.2. The molecule has 0 aliphatic heterocycles. The van der Waals surface area contributed by atoms with E-state index >= 15 is 0 Å². The van der Waals surface area contributed by atoms with Gasteiger partial charge < -0.3 is 4.74 Å². The molecule has 0 aromatic heterocycles. The number of ether oxygens (including phenoxy) is 1. The summed E-state index contributed by atoms with van der Waals surface area (Å²) in [6, 6.07) is 11.4. The fourth-order valence-electron chi connectivity index (χ4n) is 1.37. The summed E-state index contributed by atoms with van der Waals surface area (Å²) < 4.78 is 18.8. The van der Waals surface area contributed by atoms with Gasteiger partial charge >= 0.3 is 0 Å². The highest BCUT2D eigenvalue weighted by atomic mass is 35.5. The second-order valence-corrected chi connectivity index (χ2v) is 4.30. The number of hydrogen-bond acceptors (Lipinski definition) is 1. The lowest BCUT2D eigenvalue weighted by molar-refractivity contribution is 0.300. The molecule has 0 aliphatic carbocycles. The summed E-state index contributed by atoms with van der Waals surface area (Å²) >= 11 is 11.7. The molecule has 0 radical (unpaired) electrons. The van der Waals surface area contributed by atoms with Gasteiger partial charge in [0.15, 0.2) is 0 Å². The van der Waals surface area contributed by atoms with Crippen LogP contribution in [0.1, 0.15) is 5.56 Å². The van der Waals surface area contributed by atoms with Gasteiger partial charge in [-0.2, -0.15) is 0 Å². The molecule has 4 heteroatoms. The van der Waals surface area contributed by atoms with E-state index in [-0.39, 0.29) is 12.4 Å². The average molecular weight is 271 g/mol. The Morgan fingerprint density at radius 1 is 1.06 bits per heavy atom. The van der Waals surface area contributed by atoms with Crippen LogP contribution in [0.2, 0.25) is 10.0 Å². The predicted octanol–water partition coefficient (Wildman–Crippen LogP) is 4.71. The van der Waals surface area contributed by atoms with E-state index in [0.29, 0.717) is 21.4 Å². The Labute approximate surface area is 109 Å². The van der Waals surface area contributed by atoms with Gasteiger partial charge in [-0.1, -0.05) is 35.3 Å². The lowest BCUT2D eigenvalue weighted by Gasteiger charge is -2.08. The maximum absolute atomic E-state index is 13.4. The quantitative estimate of drug-likeness (QED) is 0.785. The zero-order valence-electron chi connectivity index (χ0n) is 8.79. The van der Waals surface area contributed by atoms with E-state index in [9.17, 15) is 4.39 Å². The molecule has 0 N–H and O–H groups in total. The molecule has 0 saturated heterocycles. The number of para-hydroxylation sites is 1. The molecule has 0 aliphatic rings. The second kappa shape index (κ2) is 5.39. The summed E-state index contributed by atoms with van der Waals surface area (Å²) in [5.41, 5.74) is 0.400. The van der Waals surface area contributed by atoms with Gasteiger partial charge in [-0.15, -0.1) is 0 Å². The van der Waals surface area contributed by atoms with Crippen LogP contribution in [-0.4, -0.2) is 0 Å². The van der Waals surface area contributed by atoms with E-state index in [2.05, 4.69) is 0 Å². The minimum atomic E-state index is -0.346. The molecule has 1 nitrogen and oxygen atoms in total. The molecule has 0 heterocycles. The third kappa shape index (κ3) is 3.11. The predicted molar refractivity (Wildman–Crippen MR) is 67.2 cm³/mol. The van der Waals surface area contributed by atoms with Gasteiger partial charge in [-0.05, 0) is 30.3 Å². The van der Waals surface area contributed by atoms with Crippen LogP contribution in [0.25, 0.3) is 0 Å². The monoisotopic (exact) mass is 270 g/mol. The van der Waals surface area contributed by atoms with Gasteiger partial charge in [-0.25, -0.2) is 4.39 Å². The molecule has 88 valence electrons. The van der Waals surface area contributed by atoms with Gasteiger partial charge in [0, 0.05) is 10.6 Å². The molecular weight excluding hydrogens is 262 g/mol. The minimum Gasteiger partial charge on any atom is -0.487 e. The van der Waals surface area contributed by atoms with Crippen LogP contribution < -0.4 is 4.74 Å². The van der Waals surface area contributed by atoms with Crippen molar-refractivity contribution in [2.75, 3.05) is 0 Å². The summed E-state index contributed by atoms with van der Waals surface area (Å²) in [4.78, 5) is 0. The Bertz CT molecular complexity index is 529. The standard InChI is InChI=1S/C13H9Cl2FO/c14-10-5-6-12(16)9(7-10)8-17-13-4-2-1-3-11(13)15/h1-7H,8H2. The Morgan fingerprint density at radius 3 is 2.59 bits per heavy atom. The molecule has 0 saturated carbocycles. The van der Waals surface area contributed by atoms with E-state index in [0.717, 1.165) is 0 Å². The summed E-state index contributed by atoms with van der Waals surface area (Å²) in [5.74, 6) is 0.176. The first-order valence-corrected chi connectivity index (χ1v) is 5.73. The van der Waals surface area contributed by atoms with Crippen LogP contribution in [0, 0.1) is 5.82 Å². The molecular formula is C13H9Cl2FO. The normalized spacial score (nSPS) is 10.3. The highest BCUT2D eigenvalue weighted by molar-refractivity contribution is 6.32. The van der Waals surface area contributed by atoms with Crippen LogP contribution in [0.4, 0.5) is 4.39 Å². The molecule has 2 aromatic rings. The molecule has 0 amide bonds. The first kappa shape index (κ1) is 12.2. The van der Waals surface area contributed by atoms with E-state index in [1.807, 2.05) is 0 Å². The summed E-state index contributed by atoms with van der Waals surface area (Å²) in [6.07, 6.45) is 0. The van der Waals surface area contributed by atoms with E-state index in [1.54, 1.807) is 24.3 Å². The summed E-state index contributed by atoms with van der Waals surface area (Å²) in [5, 5.41) is 0.971. The van der Waals surface area contributed by atoms with E-state index < -0.39 is 0 Å². The summed E-state index contributed by atoms with van der Waals surface area (Å²) in [6.45, 7) is 0.0934. The smallest absolute Gasteiger partial charge is 0.138 e. The lowest BCUT2D eigenvalue weighted by Crippen LogP contribution is -1.98. The Kier molecular flexibility index (Phi) is 3.87. The first-order chi connectivity index (χ1) is 8.16. The van der Waals surface area contributed by atoms with E-state index in [4.69, 9.17) is 27.9 Å². The van der Waals surface area contributed by atoms with Gasteiger partial charge in [-0.3, -0.25) is 0 Å². The Hall–Kier alpha value is -1.25. The van der Waals surface area contributed by atoms with Crippen LogP contribution in [0.3, 0.4) is 0 Å². The fraction of sp³-hybridized carbons (Fsp3) is 0.0769. The van der Waals surface area contributed by atoms with Crippen molar-refractivity contribution < 1.29 is 9.13 Å². The van der Waals surface area contributed by atoms with E-state index in [1.165, 1.54) is 18.2 Å². The molecule has 0 unspecified atom stereocenters. The van der Waals surface area contributed by atoms with Crippen LogP contribution in [0.5, 0.6) is 5.75 Å². The Morgan fingerprint density at radius 2 is 1.82 bits per heavy atom. The SMILES string of the molecule is Fc1ccc(Cl)cc1COc1ccccc1Cl. The summed E-state index contributed by atoms with van der Waals surface area (Å²) in [7, 11) is 0. The van der Waals surface area contributed by atoms with Gasteiger partial charge in [0.05, 0.1) is 5.02 Å². The van der Waals surface area contributed by atoms with Crippen molar-refractivity contribution >= 4 is 23.2 Å². The number of benzene rings is 2. The first-order valence-electron chi connectivity index (χ1n) is 4.98. The molecule has 0 bridgehead atoms. The van der Waals surface area contributed by atoms with Crippen LogP contribution >= 0.6 is 23.2 Å². The van der Waals surface area contributed by atoms with Gasteiger partial charge in [0.2, 0.25) is 0 Å². The largest absolute Gasteiger partial charge is 0.487 e. The zero-order valence-corrected chi connectivity index (χ0v) is 10.3. The maximum atomic E-state index is 13.4. The fourth-order valence-corrected chi connectivity index (χ4v) is 1.76. The van der Waals surface area contributed by atoms with Gasteiger partial charge in [0.25, 0.3) is 0 Å². The molecule has 2 aromatic carbocycles. The molecule has 2 rings (SSSR count). The second-order valence-electron chi connectivity index (χ2n) is 3.45. The van der Waals surface area contributed by atoms with Crippen LogP contribution in [-0.2, 0) is 6.61 Å². The van der Waals surface area contributed by atoms with Gasteiger partial charge in [0.1, 0.15) is 18.2 Å². The highest BCUT2D eigenvalue weighted by Gasteiger charge is 2.05. The van der Waals surface area contributed by atoms with Crippen molar-refractivity contribution in [1.82, 2.24) is 0 Å². The van der Waals surface area contributed by atoms with Crippen molar-refractivity contribution in [2.24, 2.45) is 0 Å². The number of rotatable bonds is 3. The average Bonchev–Trinajstić information content (AvgIpc) is 2.32. The topological polar surface area (TPSA) is 9.23 Å². The van der Waals surface area contributed by atoms with Crippen molar-refractivity contribution in [2.45, 2.75) is 6.61 Å². The van der Waals surface area contributed by atoms with Crippen molar-refractivity contribution in [3.63, 3.8) is 0 Å². The molecule has 0 atom stereocenters. The third-order valence-electron chi connectivity index (χ3n) is 2.23. The molecule has 0 fully saturated rings. The third-order valence-corrected chi connectivity index (χ3v) is 2.77. The van der Waals surface area contributed by atoms with Crippen molar-refractivity contribution in [3.8, 4) is 5.75 Å². The highest BCUT2D eigenvalue weighted by Crippen LogP contribution is 2.25. The minimum absolute atomic E-state index is 0.0934. The zero-order chi connectivity index (χ0) is 12.3. The van der Waals surface area contributed by atoms with Crippen molar-refractivity contribution in [1.29, 1.82) is 0 Å². The Balaban J connectivity index is 2.12. The maximum Gasteiger partial charge on any atom is 0.138 e.